The Balaban J connectivity index is 1.38. The molecule has 4 aromatic rings. The SMILES string of the molecule is O=C(NCCn1ncc2ccccc21)c1cc(-c2ccco2)on1. The summed E-state index contributed by atoms with van der Waals surface area (Å²) in [7, 11) is 0. The fourth-order valence-electron chi connectivity index (χ4n) is 2.49. The van der Waals surface area contributed by atoms with Gasteiger partial charge in [-0.15, -0.1) is 0 Å². The monoisotopic (exact) mass is 322 g/mol. The van der Waals surface area contributed by atoms with Gasteiger partial charge in [-0.25, -0.2) is 0 Å². The summed E-state index contributed by atoms with van der Waals surface area (Å²) in [6, 6.07) is 13.0. The number of nitrogens with one attached hydrogen (secondary N) is 1. The van der Waals surface area contributed by atoms with Gasteiger partial charge in [0.2, 0.25) is 5.76 Å². The molecule has 3 aromatic heterocycles. The molecule has 0 unspecified atom stereocenters. The van der Waals surface area contributed by atoms with Gasteiger partial charge < -0.3 is 14.3 Å². The summed E-state index contributed by atoms with van der Waals surface area (Å²) in [5.74, 6) is 0.654. The molecule has 24 heavy (non-hydrogen) atoms. The summed E-state index contributed by atoms with van der Waals surface area (Å²) >= 11 is 0. The molecule has 4 rings (SSSR count). The number of rotatable bonds is 5. The van der Waals surface area contributed by atoms with Crippen molar-refractivity contribution in [3.8, 4) is 11.5 Å². The van der Waals surface area contributed by atoms with E-state index in [4.69, 9.17) is 8.94 Å². The van der Waals surface area contributed by atoms with E-state index in [1.165, 1.54) is 6.26 Å². The Hall–Kier alpha value is -3.35. The van der Waals surface area contributed by atoms with Crippen LogP contribution in [0.15, 0.2) is 63.9 Å². The first-order chi connectivity index (χ1) is 11.8. The second-order valence-electron chi connectivity index (χ2n) is 5.24. The van der Waals surface area contributed by atoms with E-state index >= 15 is 0 Å². The van der Waals surface area contributed by atoms with E-state index in [0.717, 1.165) is 10.9 Å². The van der Waals surface area contributed by atoms with Crippen molar-refractivity contribution in [3.05, 3.63) is 60.6 Å². The van der Waals surface area contributed by atoms with Gasteiger partial charge in [0.1, 0.15) is 0 Å². The van der Waals surface area contributed by atoms with Crippen LogP contribution in [0.3, 0.4) is 0 Å². The summed E-state index contributed by atoms with van der Waals surface area (Å²) < 4.78 is 12.2. The highest BCUT2D eigenvalue weighted by Crippen LogP contribution is 2.20. The van der Waals surface area contributed by atoms with Gasteiger partial charge in [-0.2, -0.15) is 5.10 Å². The lowest BCUT2D eigenvalue weighted by Gasteiger charge is -2.04. The summed E-state index contributed by atoms with van der Waals surface area (Å²) in [5.41, 5.74) is 1.25. The van der Waals surface area contributed by atoms with Gasteiger partial charge in [0.05, 0.1) is 24.5 Å². The highest BCUT2D eigenvalue weighted by Gasteiger charge is 2.14. The Kier molecular flexibility index (Phi) is 3.59. The van der Waals surface area contributed by atoms with Crippen molar-refractivity contribution in [3.63, 3.8) is 0 Å². The van der Waals surface area contributed by atoms with Crippen molar-refractivity contribution in [2.75, 3.05) is 6.54 Å². The third-order valence-corrected chi connectivity index (χ3v) is 3.67. The van der Waals surface area contributed by atoms with Gasteiger partial charge in [0.15, 0.2) is 11.5 Å². The van der Waals surface area contributed by atoms with Crippen LogP contribution >= 0.6 is 0 Å². The first kappa shape index (κ1) is 14.3. The average Bonchev–Trinajstić information content (AvgIpc) is 3.35. The van der Waals surface area contributed by atoms with Crippen LogP contribution in [-0.4, -0.2) is 27.4 Å². The van der Waals surface area contributed by atoms with Crippen molar-refractivity contribution in [1.82, 2.24) is 20.3 Å². The van der Waals surface area contributed by atoms with E-state index in [1.54, 1.807) is 18.2 Å². The molecule has 0 bridgehead atoms. The van der Waals surface area contributed by atoms with Crippen LogP contribution in [0.2, 0.25) is 0 Å². The molecular formula is C17H14N4O3. The van der Waals surface area contributed by atoms with Crippen LogP contribution in [0.1, 0.15) is 10.5 Å². The number of nitrogens with zero attached hydrogens (tertiary/aromatic N) is 3. The van der Waals surface area contributed by atoms with Crippen molar-refractivity contribution >= 4 is 16.8 Å². The molecule has 0 aliphatic carbocycles. The fraction of sp³-hybridized carbons (Fsp3) is 0.118. The Morgan fingerprint density at radius 1 is 1.17 bits per heavy atom. The lowest BCUT2D eigenvalue weighted by molar-refractivity contribution is 0.0943. The highest BCUT2D eigenvalue weighted by atomic mass is 16.5. The topological polar surface area (TPSA) is 86.1 Å². The maximum absolute atomic E-state index is 12.1. The Morgan fingerprint density at radius 3 is 2.96 bits per heavy atom. The van der Waals surface area contributed by atoms with E-state index in [9.17, 15) is 4.79 Å². The summed E-state index contributed by atoms with van der Waals surface area (Å²) in [6.07, 6.45) is 3.34. The number of para-hydroxylation sites is 1. The summed E-state index contributed by atoms with van der Waals surface area (Å²) in [4.78, 5) is 12.1. The first-order valence-electron chi connectivity index (χ1n) is 7.50. The molecule has 1 amide bonds. The van der Waals surface area contributed by atoms with E-state index < -0.39 is 0 Å². The smallest absolute Gasteiger partial charge is 0.273 e. The third kappa shape index (κ3) is 2.67. The molecule has 0 aliphatic rings. The predicted octanol–water partition coefficient (Wildman–Crippen LogP) is 2.71. The van der Waals surface area contributed by atoms with Gasteiger partial charge in [-0.3, -0.25) is 9.48 Å². The molecule has 120 valence electrons. The number of benzene rings is 1. The predicted molar refractivity (Wildman–Crippen MR) is 86.3 cm³/mol. The van der Waals surface area contributed by atoms with Crippen LogP contribution in [0, 0.1) is 0 Å². The van der Waals surface area contributed by atoms with Gasteiger partial charge >= 0.3 is 0 Å². The zero-order valence-corrected chi connectivity index (χ0v) is 12.7. The number of furan rings is 1. The largest absolute Gasteiger partial charge is 0.461 e. The van der Waals surface area contributed by atoms with Gasteiger partial charge in [-0.05, 0) is 18.2 Å². The normalized spacial score (nSPS) is 11.0. The lowest BCUT2D eigenvalue weighted by Crippen LogP contribution is -2.27. The molecule has 1 aromatic carbocycles. The molecule has 1 N–H and O–H groups in total. The lowest BCUT2D eigenvalue weighted by atomic mass is 10.2. The molecule has 0 fully saturated rings. The number of aromatic nitrogens is 3. The molecule has 0 aliphatic heterocycles. The minimum atomic E-state index is -0.298. The maximum atomic E-state index is 12.1. The van der Waals surface area contributed by atoms with Crippen LogP contribution < -0.4 is 5.32 Å². The maximum Gasteiger partial charge on any atom is 0.273 e. The second-order valence-corrected chi connectivity index (χ2v) is 5.24. The summed E-state index contributed by atoms with van der Waals surface area (Å²) in [6.45, 7) is 1.01. The molecule has 0 saturated carbocycles. The minimum absolute atomic E-state index is 0.215. The van der Waals surface area contributed by atoms with Gasteiger partial charge in [0.25, 0.3) is 5.91 Å². The Labute approximate surface area is 136 Å². The number of fused-ring (bicyclic) bond motifs is 1. The minimum Gasteiger partial charge on any atom is -0.461 e. The molecule has 0 saturated heterocycles. The quantitative estimate of drug-likeness (QED) is 0.610. The Bertz CT molecular complexity index is 969. The number of carbonyl (C=O) groups is 1. The molecule has 7 nitrogen and oxygen atoms in total. The van der Waals surface area contributed by atoms with Crippen LogP contribution in [0.4, 0.5) is 0 Å². The van der Waals surface area contributed by atoms with Crippen molar-refractivity contribution in [2.45, 2.75) is 6.54 Å². The van der Waals surface area contributed by atoms with E-state index in [1.807, 2.05) is 35.1 Å². The van der Waals surface area contributed by atoms with Crippen molar-refractivity contribution < 1.29 is 13.7 Å². The zero-order valence-electron chi connectivity index (χ0n) is 12.7. The zero-order chi connectivity index (χ0) is 16.4. The van der Waals surface area contributed by atoms with Gasteiger partial charge in [-0.1, -0.05) is 23.4 Å². The number of amides is 1. The van der Waals surface area contributed by atoms with Gasteiger partial charge in [0, 0.05) is 18.0 Å². The molecule has 7 heteroatoms. The van der Waals surface area contributed by atoms with Crippen LogP contribution in [0.25, 0.3) is 22.4 Å². The molecule has 0 radical (unpaired) electrons. The fourth-order valence-corrected chi connectivity index (χ4v) is 2.49. The number of carbonyl (C=O) groups excluding carboxylic acids is 1. The van der Waals surface area contributed by atoms with Crippen molar-refractivity contribution in [2.24, 2.45) is 0 Å². The standard InChI is InChI=1S/C17H14N4O3/c22-17(13-10-16(24-20-13)15-6-3-9-23-15)18-7-8-21-14-5-2-1-4-12(14)11-19-21/h1-6,9-11H,7-8H2,(H,18,22). The average molecular weight is 322 g/mol. The van der Waals surface area contributed by atoms with Crippen molar-refractivity contribution in [1.29, 1.82) is 0 Å². The highest BCUT2D eigenvalue weighted by molar-refractivity contribution is 5.92. The first-order valence-corrected chi connectivity index (χ1v) is 7.50. The summed E-state index contributed by atoms with van der Waals surface area (Å²) in [5, 5.41) is 12.0. The molecule has 0 spiro atoms. The molecule has 0 atom stereocenters. The number of hydrogen-bond donors (Lipinski definition) is 1. The number of hydrogen-bond acceptors (Lipinski definition) is 5. The molecule has 3 heterocycles. The van der Waals surface area contributed by atoms with Crippen LogP contribution in [0.5, 0.6) is 0 Å². The Morgan fingerprint density at radius 2 is 2.08 bits per heavy atom. The molecular weight excluding hydrogens is 308 g/mol. The second kappa shape index (κ2) is 6.04. The van der Waals surface area contributed by atoms with E-state index in [0.29, 0.717) is 24.6 Å². The van der Waals surface area contributed by atoms with E-state index in [2.05, 4.69) is 15.6 Å². The van der Waals surface area contributed by atoms with E-state index in [-0.39, 0.29) is 11.6 Å². The van der Waals surface area contributed by atoms with Crippen LogP contribution in [-0.2, 0) is 6.54 Å². The third-order valence-electron chi connectivity index (χ3n) is 3.67.